The first-order valence-electron chi connectivity index (χ1n) is 5.68. The van der Waals surface area contributed by atoms with E-state index in [4.69, 9.17) is 9.84 Å². The Balaban J connectivity index is 2.35. The number of benzene rings is 1. The molecule has 0 aromatic heterocycles. The molecule has 0 radical (unpaired) electrons. The van der Waals surface area contributed by atoms with Crippen molar-refractivity contribution < 1.29 is 19.4 Å². The van der Waals surface area contributed by atoms with Gasteiger partial charge in [0.2, 0.25) is 5.91 Å². The molecule has 0 saturated carbocycles. The summed E-state index contributed by atoms with van der Waals surface area (Å²) in [5.74, 6) is -0.637. The zero-order valence-corrected chi connectivity index (χ0v) is 10.5. The summed E-state index contributed by atoms with van der Waals surface area (Å²) in [5, 5.41) is 10.7. The lowest BCUT2D eigenvalue weighted by Crippen LogP contribution is -2.30. The standard InChI is InChI=1S/C13H17NO4/c1-9-4-3-5-11(10(9)2)18-7-6-12(15)14-8-13(16)17/h3-5H,6-8H2,1-2H3,(H,14,15)(H,16,17). The number of aryl methyl sites for hydroxylation is 1. The number of amides is 1. The van der Waals surface area contributed by atoms with E-state index in [1.54, 1.807) is 0 Å². The Kier molecular flexibility index (Phi) is 5.17. The molecule has 0 aliphatic heterocycles. The molecule has 2 N–H and O–H groups in total. The lowest BCUT2D eigenvalue weighted by molar-refractivity contribution is -0.138. The van der Waals surface area contributed by atoms with Crippen LogP contribution in [0.25, 0.3) is 0 Å². The third kappa shape index (κ3) is 4.45. The predicted octanol–water partition coefficient (Wildman–Crippen LogP) is 1.27. The number of ether oxygens (including phenoxy) is 1. The van der Waals surface area contributed by atoms with E-state index >= 15 is 0 Å². The molecule has 0 atom stereocenters. The van der Waals surface area contributed by atoms with Crippen LogP contribution in [0.15, 0.2) is 18.2 Å². The molecule has 0 aliphatic carbocycles. The van der Waals surface area contributed by atoms with E-state index in [1.165, 1.54) is 0 Å². The van der Waals surface area contributed by atoms with Gasteiger partial charge in [-0.15, -0.1) is 0 Å². The number of nitrogens with one attached hydrogen (secondary N) is 1. The number of carboxylic acid groups (broad SMARTS) is 1. The maximum Gasteiger partial charge on any atom is 0.322 e. The largest absolute Gasteiger partial charge is 0.493 e. The van der Waals surface area contributed by atoms with E-state index in [0.717, 1.165) is 16.9 Å². The van der Waals surface area contributed by atoms with Crippen LogP contribution in [0.1, 0.15) is 17.5 Å². The molecule has 1 aromatic carbocycles. The topological polar surface area (TPSA) is 75.6 Å². The summed E-state index contributed by atoms with van der Waals surface area (Å²) < 4.78 is 5.49. The summed E-state index contributed by atoms with van der Waals surface area (Å²) in [6, 6.07) is 5.72. The Morgan fingerprint density at radius 1 is 1.33 bits per heavy atom. The lowest BCUT2D eigenvalue weighted by Gasteiger charge is -2.10. The van der Waals surface area contributed by atoms with Crippen LogP contribution in [0.5, 0.6) is 5.75 Å². The SMILES string of the molecule is Cc1cccc(OCCC(=O)NCC(=O)O)c1C. The Morgan fingerprint density at radius 3 is 2.72 bits per heavy atom. The first kappa shape index (κ1) is 14.0. The predicted molar refractivity (Wildman–Crippen MR) is 66.7 cm³/mol. The second-order valence-electron chi connectivity index (χ2n) is 3.97. The normalized spacial score (nSPS) is 9.89. The van der Waals surface area contributed by atoms with Gasteiger partial charge in [0.05, 0.1) is 13.0 Å². The van der Waals surface area contributed by atoms with Gasteiger partial charge < -0.3 is 15.2 Å². The minimum Gasteiger partial charge on any atom is -0.493 e. The smallest absolute Gasteiger partial charge is 0.322 e. The van der Waals surface area contributed by atoms with Gasteiger partial charge >= 0.3 is 5.97 Å². The number of carboxylic acids is 1. The minimum atomic E-state index is -1.06. The van der Waals surface area contributed by atoms with Crippen molar-refractivity contribution in [3.05, 3.63) is 29.3 Å². The average molecular weight is 251 g/mol. The van der Waals surface area contributed by atoms with Crippen LogP contribution in [0.3, 0.4) is 0 Å². The highest BCUT2D eigenvalue weighted by molar-refractivity contribution is 5.81. The molecule has 1 aromatic rings. The fourth-order valence-electron chi connectivity index (χ4n) is 1.40. The van der Waals surface area contributed by atoms with Crippen LogP contribution in [-0.4, -0.2) is 30.1 Å². The molecule has 0 heterocycles. The van der Waals surface area contributed by atoms with E-state index in [2.05, 4.69) is 5.32 Å². The maximum atomic E-state index is 11.2. The van der Waals surface area contributed by atoms with Gasteiger partial charge in [-0.3, -0.25) is 9.59 Å². The summed E-state index contributed by atoms with van der Waals surface area (Å²) in [5.41, 5.74) is 2.17. The van der Waals surface area contributed by atoms with Crippen LogP contribution in [0, 0.1) is 13.8 Å². The van der Waals surface area contributed by atoms with Crippen molar-refractivity contribution in [2.75, 3.05) is 13.2 Å². The third-order valence-electron chi connectivity index (χ3n) is 2.58. The zero-order valence-electron chi connectivity index (χ0n) is 10.5. The van der Waals surface area contributed by atoms with Gasteiger partial charge in [-0.1, -0.05) is 12.1 Å². The number of hydrogen-bond donors (Lipinski definition) is 2. The summed E-state index contributed by atoms with van der Waals surface area (Å²) in [6.45, 7) is 3.81. The Hall–Kier alpha value is -2.04. The monoisotopic (exact) mass is 251 g/mol. The van der Waals surface area contributed by atoms with E-state index in [0.29, 0.717) is 0 Å². The fraction of sp³-hybridized carbons (Fsp3) is 0.385. The molecule has 0 aliphatic rings. The molecule has 0 spiro atoms. The number of aliphatic carboxylic acids is 1. The van der Waals surface area contributed by atoms with Crippen LogP contribution >= 0.6 is 0 Å². The van der Waals surface area contributed by atoms with Gasteiger partial charge in [0.15, 0.2) is 0 Å². The first-order valence-corrected chi connectivity index (χ1v) is 5.68. The molecule has 98 valence electrons. The summed E-state index contributed by atoms with van der Waals surface area (Å²) in [6.07, 6.45) is 0.140. The molecule has 5 nitrogen and oxygen atoms in total. The number of hydrogen-bond acceptors (Lipinski definition) is 3. The van der Waals surface area contributed by atoms with Crippen LogP contribution in [0.4, 0.5) is 0 Å². The van der Waals surface area contributed by atoms with Gasteiger partial charge in [0.1, 0.15) is 12.3 Å². The van der Waals surface area contributed by atoms with Crippen molar-refractivity contribution in [2.24, 2.45) is 0 Å². The molecular weight excluding hydrogens is 234 g/mol. The molecule has 18 heavy (non-hydrogen) atoms. The highest BCUT2D eigenvalue weighted by Crippen LogP contribution is 2.20. The molecule has 1 rings (SSSR count). The second kappa shape index (κ2) is 6.64. The third-order valence-corrected chi connectivity index (χ3v) is 2.58. The van der Waals surface area contributed by atoms with Gasteiger partial charge in [-0.25, -0.2) is 0 Å². The number of rotatable bonds is 6. The maximum absolute atomic E-state index is 11.2. The number of carbonyl (C=O) groups is 2. The van der Waals surface area contributed by atoms with Gasteiger partial charge in [0.25, 0.3) is 0 Å². The van der Waals surface area contributed by atoms with E-state index in [-0.39, 0.29) is 25.5 Å². The van der Waals surface area contributed by atoms with E-state index < -0.39 is 5.97 Å². The Labute approximate surface area is 106 Å². The van der Waals surface area contributed by atoms with Crippen molar-refractivity contribution >= 4 is 11.9 Å². The van der Waals surface area contributed by atoms with Gasteiger partial charge in [-0.2, -0.15) is 0 Å². The highest BCUT2D eigenvalue weighted by Gasteiger charge is 2.05. The van der Waals surface area contributed by atoms with E-state index in [9.17, 15) is 9.59 Å². The van der Waals surface area contributed by atoms with Crippen LogP contribution in [-0.2, 0) is 9.59 Å². The van der Waals surface area contributed by atoms with Crippen LogP contribution < -0.4 is 10.1 Å². The molecule has 0 saturated heterocycles. The Bertz CT molecular complexity index is 443. The summed E-state index contributed by atoms with van der Waals surface area (Å²) in [7, 11) is 0. The molecule has 1 amide bonds. The zero-order chi connectivity index (χ0) is 13.5. The Morgan fingerprint density at radius 2 is 2.06 bits per heavy atom. The van der Waals surface area contributed by atoms with Crippen molar-refractivity contribution in [3.8, 4) is 5.75 Å². The van der Waals surface area contributed by atoms with Crippen molar-refractivity contribution in [3.63, 3.8) is 0 Å². The van der Waals surface area contributed by atoms with Crippen molar-refractivity contribution in [2.45, 2.75) is 20.3 Å². The summed E-state index contributed by atoms with van der Waals surface area (Å²) >= 11 is 0. The molecular formula is C13H17NO4. The quantitative estimate of drug-likeness (QED) is 0.798. The van der Waals surface area contributed by atoms with E-state index in [1.807, 2.05) is 32.0 Å². The molecule has 0 unspecified atom stereocenters. The van der Waals surface area contributed by atoms with Gasteiger partial charge in [0, 0.05) is 0 Å². The summed E-state index contributed by atoms with van der Waals surface area (Å²) in [4.78, 5) is 21.5. The first-order chi connectivity index (χ1) is 8.50. The second-order valence-corrected chi connectivity index (χ2v) is 3.97. The molecule has 5 heteroatoms. The fourth-order valence-corrected chi connectivity index (χ4v) is 1.40. The lowest BCUT2D eigenvalue weighted by atomic mass is 10.1. The molecule has 0 bridgehead atoms. The van der Waals surface area contributed by atoms with Crippen LogP contribution in [0.2, 0.25) is 0 Å². The van der Waals surface area contributed by atoms with Gasteiger partial charge in [-0.05, 0) is 31.0 Å². The minimum absolute atomic E-state index is 0.140. The molecule has 0 fully saturated rings. The van der Waals surface area contributed by atoms with Crippen molar-refractivity contribution in [1.29, 1.82) is 0 Å². The van der Waals surface area contributed by atoms with Crippen molar-refractivity contribution in [1.82, 2.24) is 5.32 Å². The highest BCUT2D eigenvalue weighted by atomic mass is 16.5. The number of carbonyl (C=O) groups excluding carboxylic acids is 1. The average Bonchev–Trinajstić information content (AvgIpc) is 2.32.